The predicted molar refractivity (Wildman–Crippen MR) is 68.9 cm³/mol. The fraction of sp³-hybridized carbons (Fsp3) is 0.417. The molecule has 5 heteroatoms. The maximum atomic E-state index is 8.63. The molecule has 1 rings (SSSR count). The van der Waals surface area contributed by atoms with Crippen molar-refractivity contribution in [1.29, 1.82) is 5.41 Å². The van der Waals surface area contributed by atoms with Crippen LogP contribution in [0.4, 0.5) is 0 Å². The summed E-state index contributed by atoms with van der Waals surface area (Å²) in [5, 5.41) is 16.5. The molecule has 1 aromatic rings. The lowest BCUT2D eigenvalue weighted by Gasteiger charge is -2.11. The minimum atomic E-state index is -0.0963. The molecule has 0 unspecified atom stereocenters. The van der Waals surface area contributed by atoms with Crippen LogP contribution in [0.25, 0.3) is 0 Å². The van der Waals surface area contributed by atoms with Gasteiger partial charge in [0.2, 0.25) is 0 Å². The van der Waals surface area contributed by atoms with E-state index in [4.69, 9.17) is 32.6 Å². The highest BCUT2D eigenvalue weighted by Crippen LogP contribution is 2.25. The maximum Gasteiger partial charge on any atom is 0.131 e. The summed E-state index contributed by atoms with van der Waals surface area (Å²) < 4.78 is 5.54. The Morgan fingerprint density at radius 3 is 2.76 bits per heavy atom. The van der Waals surface area contributed by atoms with Crippen molar-refractivity contribution in [3.8, 4) is 5.75 Å². The van der Waals surface area contributed by atoms with Crippen molar-refractivity contribution >= 4 is 17.4 Å². The van der Waals surface area contributed by atoms with E-state index in [1.807, 2.05) is 0 Å². The average Bonchev–Trinajstić information content (AvgIpc) is 2.28. The minimum absolute atomic E-state index is 0.0963. The first-order valence-corrected chi connectivity index (χ1v) is 5.91. The van der Waals surface area contributed by atoms with Crippen molar-refractivity contribution in [2.24, 2.45) is 5.73 Å². The molecule has 0 heterocycles. The number of nitrogens with two attached hydrogens (primary N) is 1. The summed E-state index contributed by atoms with van der Waals surface area (Å²) >= 11 is 5.95. The van der Waals surface area contributed by atoms with E-state index < -0.39 is 0 Å². The van der Waals surface area contributed by atoms with Crippen molar-refractivity contribution in [2.45, 2.75) is 19.3 Å². The van der Waals surface area contributed by atoms with Crippen LogP contribution in [0.15, 0.2) is 18.2 Å². The smallest absolute Gasteiger partial charge is 0.131 e. The van der Waals surface area contributed by atoms with Gasteiger partial charge in [-0.2, -0.15) is 0 Å². The van der Waals surface area contributed by atoms with E-state index >= 15 is 0 Å². The Bertz CT molecular complexity index is 383. The molecule has 0 aliphatic heterocycles. The Kier molecular flexibility index (Phi) is 5.80. The molecule has 0 aliphatic carbocycles. The van der Waals surface area contributed by atoms with Gasteiger partial charge in [0.05, 0.1) is 17.2 Å². The lowest BCUT2D eigenvalue weighted by molar-refractivity contribution is 0.266. The van der Waals surface area contributed by atoms with Crippen molar-refractivity contribution in [3.63, 3.8) is 0 Å². The molecule has 4 N–H and O–H groups in total. The molecule has 0 bridgehead atoms. The summed E-state index contributed by atoms with van der Waals surface area (Å²) in [6.07, 6.45) is 2.54. The van der Waals surface area contributed by atoms with Crippen LogP contribution in [-0.4, -0.2) is 24.2 Å². The number of hydrogen-bond acceptors (Lipinski definition) is 3. The molecule has 94 valence electrons. The van der Waals surface area contributed by atoms with Gasteiger partial charge in [0, 0.05) is 6.61 Å². The Labute approximate surface area is 106 Å². The Morgan fingerprint density at radius 1 is 1.35 bits per heavy atom. The lowest BCUT2D eigenvalue weighted by Crippen LogP contribution is -2.14. The maximum absolute atomic E-state index is 8.63. The van der Waals surface area contributed by atoms with Gasteiger partial charge in [-0.1, -0.05) is 17.7 Å². The topological polar surface area (TPSA) is 79.3 Å². The predicted octanol–water partition coefficient (Wildman–Crippen LogP) is 2.17. The summed E-state index contributed by atoms with van der Waals surface area (Å²) in [4.78, 5) is 0. The van der Waals surface area contributed by atoms with Gasteiger partial charge < -0.3 is 15.6 Å². The summed E-state index contributed by atoms with van der Waals surface area (Å²) in [5.41, 5.74) is 5.89. The first-order valence-electron chi connectivity index (χ1n) is 5.53. The van der Waals surface area contributed by atoms with Crippen LogP contribution < -0.4 is 10.5 Å². The van der Waals surface area contributed by atoms with Gasteiger partial charge in [0.15, 0.2) is 0 Å². The van der Waals surface area contributed by atoms with E-state index in [9.17, 15) is 0 Å². The number of rotatable bonds is 7. The summed E-state index contributed by atoms with van der Waals surface area (Å²) in [6, 6.07) is 5.18. The number of halogens is 1. The number of unbranched alkanes of at least 4 members (excludes halogenated alkanes) is 2. The highest BCUT2D eigenvalue weighted by molar-refractivity contribution is 6.34. The number of nitrogens with one attached hydrogen (secondary N) is 1. The van der Waals surface area contributed by atoms with Crippen molar-refractivity contribution in [1.82, 2.24) is 0 Å². The second-order valence-corrected chi connectivity index (χ2v) is 4.07. The average molecular weight is 257 g/mol. The molecule has 17 heavy (non-hydrogen) atoms. The van der Waals surface area contributed by atoms with E-state index in [2.05, 4.69) is 0 Å². The number of amidine groups is 1. The number of hydrogen-bond donors (Lipinski definition) is 3. The zero-order valence-corrected chi connectivity index (χ0v) is 10.3. The van der Waals surface area contributed by atoms with Crippen LogP contribution >= 0.6 is 11.6 Å². The van der Waals surface area contributed by atoms with Gasteiger partial charge in [-0.3, -0.25) is 5.41 Å². The Balaban J connectivity index is 2.58. The third kappa shape index (κ3) is 4.24. The van der Waals surface area contributed by atoms with Crippen LogP contribution in [0.1, 0.15) is 24.8 Å². The number of nitrogen functional groups attached to an aromatic ring is 1. The van der Waals surface area contributed by atoms with Crippen molar-refractivity contribution in [2.75, 3.05) is 13.2 Å². The third-order valence-corrected chi connectivity index (χ3v) is 2.62. The van der Waals surface area contributed by atoms with Crippen LogP contribution in [0.2, 0.25) is 5.02 Å². The van der Waals surface area contributed by atoms with Crippen LogP contribution in [0, 0.1) is 5.41 Å². The minimum Gasteiger partial charge on any atom is -0.493 e. The first kappa shape index (κ1) is 13.8. The molecule has 0 aromatic heterocycles. The van der Waals surface area contributed by atoms with Gasteiger partial charge in [0.25, 0.3) is 0 Å². The SMILES string of the molecule is N=C(N)c1c(Cl)cccc1OCCCCCO. The zero-order chi connectivity index (χ0) is 12.7. The standard InChI is InChI=1S/C12H17ClN2O2/c13-9-5-4-6-10(11(9)12(14)15)17-8-3-1-2-7-16/h4-6,16H,1-3,7-8H2,(H3,14,15). The fourth-order valence-corrected chi connectivity index (χ4v) is 1.73. The van der Waals surface area contributed by atoms with E-state index in [0.717, 1.165) is 19.3 Å². The number of aliphatic hydroxyl groups excluding tert-OH is 1. The molecule has 4 nitrogen and oxygen atoms in total. The molecule has 0 saturated carbocycles. The molecule has 0 saturated heterocycles. The number of benzene rings is 1. The van der Waals surface area contributed by atoms with Crippen molar-refractivity contribution in [3.05, 3.63) is 28.8 Å². The molecule has 0 aliphatic rings. The summed E-state index contributed by atoms with van der Waals surface area (Å²) in [6.45, 7) is 0.733. The third-order valence-electron chi connectivity index (χ3n) is 2.30. The summed E-state index contributed by atoms with van der Waals surface area (Å²) in [7, 11) is 0. The van der Waals surface area contributed by atoms with Gasteiger partial charge in [-0.15, -0.1) is 0 Å². The second-order valence-electron chi connectivity index (χ2n) is 3.66. The van der Waals surface area contributed by atoms with Crippen LogP contribution in [0.5, 0.6) is 5.75 Å². The molecule has 0 radical (unpaired) electrons. The monoisotopic (exact) mass is 256 g/mol. The highest BCUT2D eigenvalue weighted by atomic mass is 35.5. The highest BCUT2D eigenvalue weighted by Gasteiger charge is 2.10. The van der Waals surface area contributed by atoms with Crippen LogP contribution in [0.3, 0.4) is 0 Å². The van der Waals surface area contributed by atoms with E-state index in [1.54, 1.807) is 18.2 Å². The first-order chi connectivity index (χ1) is 8.16. The largest absolute Gasteiger partial charge is 0.493 e. The van der Waals surface area contributed by atoms with E-state index in [0.29, 0.717) is 22.9 Å². The van der Waals surface area contributed by atoms with Gasteiger partial charge >= 0.3 is 0 Å². The number of aliphatic hydroxyl groups is 1. The van der Waals surface area contributed by atoms with Crippen LogP contribution in [-0.2, 0) is 0 Å². The van der Waals surface area contributed by atoms with E-state index in [-0.39, 0.29) is 12.4 Å². The van der Waals surface area contributed by atoms with Gasteiger partial charge in [0.1, 0.15) is 11.6 Å². The molecule has 1 aromatic carbocycles. The molecular weight excluding hydrogens is 240 g/mol. The molecular formula is C12H17ClN2O2. The van der Waals surface area contributed by atoms with Gasteiger partial charge in [-0.25, -0.2) is 0 Å². The zero-order valence-electron chi connectivity index (χ0n) is 9.58. The normalized spacial score (nSPS) is 10.2. The Hall–Kier alpha value is -1.26. The lowest BCUT2D eigenvalue weighted by atomic mass is 10.2. The number of ether oxygens (including phenoxy) is 1. The summed E-state index contributed by atoms with van der Waals surface area (Å²) in [5.74, 6) is 0.440. The quantitative estimate of drug-likeness (QED) is 0.397. The van der Waals surface area contributed by atoms with Crippen molar-refractivity contribution < 1.29 is 9.84 Å². The fourth-order valence-electron chi connectivity index (χ4n) is 1.46. The molecule has 0 amide bonds. The molecule has 0 spiro atoms. The molecule has 0 atom stereocenters. The second kappa shape index (κ2) is 7.14. The van der Waals surface area contributed by atoms with Gasteiger partial charge in [-0.05, 0) is 31.4 Å². The Morgan fingerprint density at radius 2 is 2.12 bits per heavy atom. The van der Waals surface area contributed by atoms with E-state index in [1.165, 1.54) is 0 Å². The molecule has 0 fully saturated rings.